The number of nitrogens with one attached hydrogen (secondary N) is 1. The molecule has 1 nitrogen and oxygen atoms in total. The summed E-state index contributed by atoms with van der Waals surface area (Å²) in [6.07, 6.45) is -0.331. The maximum atomic E-state index is 11.6. The number of alkyl halides is 3. The van der Waals surface area contributed by atoms with Gasteiger partial charge in [0.05, 0.1) is 6.42 Å². The zero-order chi connectivity index (χ0) is 10.2. The Balaban J connectivity index is 3.00. The van der Waals surface area contributed by atoms with E-state index >= 15 is 0 Å². The van der Waals surface area contributed by atoms with E-state index in [-0.39, 0.29) is 6.54 Å². The molecule has 0 aromatic heterocycles. The summed E-state index contributed by atoms with van der Waals surface area (Å²) in [6.45, 7) is 2.86. The lowest BCUT2D eigenvalue weighted by molar-refractivity contribution is -0.133. The van der Waals surface area contributed by atoms with Crippen LogP contribution < -0.4 is 5.32 Å². The molecule has 0 saturated heterocycles. The standard InChI is InChI=1S/C9H18F3N/c1-2-3-4-5-7-13-8-6-9(10,11)12/h13H,2-8H2,1H3. The molecule has 0 saturated carbocycles. The van der Waals surface area contributed by atoms with Gasteiger partial charge in [0.25, 0.3) is 0 Å². The fraction of sp³-hybridized carbons (Fsp3) is 1.00. The van der Waals surface area contributed by atoms with Crippen molar-refractivity contribution in [3.05, 3.63) is 0 Å². The van der Waals surface area contributed by atoms with Crippen LogP contribution in [0, 0.1) is 0 Å². The largest absolute Gasteiger partial charge is 0.390 e. The molecule has 0 radical (unpaired) electrons. The smallest absolute Gasteiger partial charge is 0.316 e. The summed E-state index contributed by atoms with van der Waals surface area (Å²) in [6, 6.07) is 0. The van der Waals surface area contributed by atoms with Crippen molar-refractivity contribution < 1.29 is 13.2 Å². The van der Waals surface area contributed by atoms with Gasteiger partial charge in [0, 0.05) is 6.54 Å². The van der Waals surface area contributed by atoms with E-state index in [4.69, 9.17) is 0 Å². The molecule has 0 aliphatic rings. The Kier molecular flexibility index (Phi) is 7.04. The van der Waals surface area contributed by atoms with E-state index in [1.807, 2.05) is 0 Å². The lowest BCUT2D eigenvalue weighted by Gasteiger charge is -2.07. The summed E-state index contributed by atoms with van der Waals surface area (Å²) in [4.78, 5) is 0. The van der Waals surface area contributed by atoms with E-state index in [0.29, 0.717) is 6.54 Å². The van der Waals surface area contributed by atoms with Gasteiger partial charge in [0.15, 0.2) is 0 Å². The minimum atomic E-state index is -4.02. The van der Waals surface area contributed by atoms with Gasteiger partial charge in [-0.3, -0.25) is 0 Å². The maximum Gasteiger partial charge on any atom is 0.390 e. The van der Waals surface area contributed by atoms with Crippen molar-refractivity contribution in [3.63, 3.8) is 0 Å². The molecule has 0 aliphatic heterocycles. The second kappa shape index (κ2) is 7.18. The van der Waals surface area contributed by atoms with Crippen molar-refractivity contribution in [2.75, 3.05) is 13.1 Å². The highest BCUT2D eigenvalue weighted by Crippen LogP contribution is 2.17. The molecule has 0 aromatic carbocycles. The van der Waals surface area contributed by atoms with Crippen molar-refractivity contribution in [1.29, 1.82) is 0 Å². The van der Waals surface area contributed by atoms with Crippen LogP contribution in [0.2, 0.25) is 0 Å². The Hall–Kier alpha value is -0.250. The first-order valence-corrected chi connectivity index (χ1v) is 4.83. The predicted molar refractivity (Wildman–Crippen MR) is 47.7 cm³/mol. The van der Waals surface area contributed by atoms with Crippen molar-refractivity contribution in [2.45, 2.75) is 45.2 Å². The molecule has 0 heterocycles. The molecule has 0 atom stereocenters. The zero-order valence-electron chi connectivity index (χ0n) is 8.08. The van der Waals surface area contributed by atoms with E-state index in [1.54, 1.807) is 0 Å². The molecule has 0 spiro atoms. The Labute approximate surface area is 77.7 Å². The fourth-order valence-electron chi connectivity index (χ4n) is 1.03. The third kappa shape index (κ3) is 11.8. The minimum absolute atomic E-state index is 0.0512. The molecular weight excluding hydrogens is 179 g/mol. The van der Waals surface area contributed by atoms with E-state index < -0.39 is 12.6 Å². The number of halogens is 3. The van der Waals surface area contributed by atoms with Crippen LogP contribution in [-0.2, 0) is 0 Å². The van der Waals surface area contributed by atoms with Gasteiger partial charge in [-0.25, -0.2) is 0 Å². The lowest BCUT2D eigenvalue weighted by Crippen LogP contribution is -2.22. The first-order chi connectivity index (χ1) is 6.06. The number of hydrogen-bond acceptors (Lipinski definition) is 1. The molecule has 0 bridgehead atoms. The molecule has 0 aromatic rings. The third-order valence-electron chi connectivity index (χ3n) is 1.79. The highest BCUT2D eigenvalue weighted by Gasteiger charge is 2.25. The van der Waals surface area contributed by atoms with Crippen LogP contribution in [-0.4, -0.2) is 19.3 Å². The van der Waals surface area contributed by atoms with Crippen LogP contribution in [0.5, 0.6) is 0 Å². The van der Waals surface area contributed by atoms with Gasteiger partial charge in [0.1, 0.15) is 0 Å². The average Bonchev–Trinajstić information content (AvgIpc) is 2.01. The molecule has 4 heteroatoms. The van der Waals surface area contributed by atoms with Gasteiger partial charge in [0.2, 0.25) is 0 Å². The van der Waals surface area contributed by atoms with Gasteiger partial charge >= 0.3 is 6.18 Å². The average molecular weight is 197 g/mol. The maximum absolute atomic E-state index is 11.6. The van der Waals surface area contributed by atoms with Crippen LogP contribution in [0.3, 0.4) is 0 Å². The van der Waals surface area contributed by atoms with Gasteiger partial charge in [-0.05, 0) is 13.0 Å². The molecule has 0 fully saturated rings. The molecule has 0 aliphatic carbocycles. The van der Waals surface area contributed by atoms with E-state index in [1.165, 1.54) is 6.42 Å². The van der Waals surface area contributed by atoms with Gasteiger partial charge in [-0.15, -0.1) is 0 Å². The van der Waals surface area contributed by atoms with Gasteiger partial charge < -0.3 is 5.32 Å². The van der Waals surface area contributed by atoms with Crippen molar-refractivity contribution in [2.24, 2.45) is 0 Å². The van der Waals surface area contributed by atoms with Crippen LogP contribution in [0.4, 0.5) is 13.2 Å². The molecular formula is C9H18F3N. The van der Waals surface area contributed by atoms with Gasteiger partial charge in [-0.1, -0.05) is 26.2 Å². The highest BCUT2D eigenvalue weighted by atomic mass is 19.4. The van der Waals surface area contributed by atoms with Crippen LogP contribution >= 0.6 is 0 Å². The summed E-state index contributed by atoms with van der Waals surface area (Å²) < 4.78 is 34.9. The molecule has 0 amide bonds. The monoisotopic (exact) mass is 197 g/mol. The van der Waals surface area contributed by atoms with Crippen LogP contribution in [0.25, 0.3) is 0 Å². The minimum Gasteiger partial charge on any atom is -0.316 e. The Morgan fingerprint density at radius 2 is 1.69 bits per heavy atom. The number of hydrogen-bond donors (Lipinski definition) is 1. The third-order valence-corrected chi connectivity index (χ3v) is 1.79. The van der Waals surface area contributed by atoms with Crippen LogP contribution in [0.15, 0.2) is 0 Å². The predicted octanol–water partition coefficient (Wildman–Crippen LogP) is 3.11. The fourth-order valence-corrected chi connectivity index (χ4v) is 1.03. The summed E-state index contributed by atoms with van der Waals surface area (Å²) in [7, 11) is 0. The summed E-state index contributed by atoms with van der Waals surface area (Å²) in [5.41, 5.74) is 0. The van der Waals surface area contributed by atoms with E-state index in [0.717, 1.165) is 19.3 Å². The number of rotatable bonds is 7. The topological polar surface area (TPSA) is 12.0 Å². The number of unbranched alkanes of at least 4 members (excludes halogenated alkanes) is 3. The zero-order valence-corrected chi connectivity index (χ0v) is 8.08. The van der Waals surface area contributed by atoms with Crippen molar-refractivity contribution in [3.8, 4) is 0 Å². The van der Waals surface area contributed by atoms with E-state index in [9.17, 15) is 13.2 Å². The SMILES string of the molecule is CCCCCCNCCC(F)(F)F. The molecule has 0 unspecified atom stereocenters. The van der Waals surface area contributed by atoms with Crippen LogP contribution in [0.1, 0.15) is 39.0 Å². The molecule has 13 heavy (non-hydrogen) atoms. The summed E-state index contributed by atoms with van der Waals surface area (Å²) >= 11 is 0. The molecule has 80 valence electrons. The Morgan fingerprint density at radius 3 is 2.23 bits per heavy atom. The summed E-state index contributed by atoms with van der Waals surface area (Å²) in [5, 5.41) is 2.78. The Bertz CT molecular complexity index is 112. The van der Waals surface area contributed by atoms with Crippen molar-refractivity contribution in [1.82, 2.24) is 5.32 Å². The summed E-state index contributed by atoms with van der Waals surface area (Å²) in [5.74, 6) is 0. The highest BCUT2D eigenvalue weighted by molar-refractivity contribution is 4.54. The first-order valence-electron chi connectivity index (χ1n) is 4.83. The second-order valence-corrected chi connectivity index (χ2v) is 3.18. The lowest BCUT2D eigenvalue weighted by atomic mass is 10.2. The second-order valence-electron chi connectivity index (χ2n) is 3.18. The quantitative estimate of drug-likeness (QED) is 0.618. The molecule has 1 N–H and O–H groups in total. The Morgan fingerprint density at radius 1 is 1.00 bits per heavy atom. The van der Waals surface area contributed by atoms with Crippen molar-refractivity contribution >= 4 is 0 Å². The normalized spacial score (nSPS) is 12.0. The van der Waals surface area contributed by atoms with E-state index in [2.05, 4.69) is 12.2 Å². The first kappa shape index (κ1) is 12.8. The van der Waals surface area contributed by atoms with Gasteiger partial charge in [-0.2, -0.15) is 13.2 Å². The molecule has 0 rings (SSSR count).